The van der Waals surface area contributed by atoms with Gasteiger partial charge in [-0.3, -0.25) is 4.79 Å². The molecule has 2 N–H and O–H groups in total. The van der Waals surface area contributed by atoms with Crippen molar-refractivity contribution < 1.29 is 14.7 Å². The highest BCUT2D eigenvalue weighted by molar-refractivity contribution is 7.08. The molecule has 0 spiro atoms. The Labute approximate surface area is 109 Å². The molecular weight excluding hydrogens is 252 g/mol. The van der Waals surface area contributed by atoms with Gasteiger partial charge in [-0.15, -0.1) is 6.42 Å². The van der Waals surface area contributed by atoms with Crippen LogP contribution in [-0.2, 0) is 11.3 Å². The lowest BCUT2D eigenvalue weighted by Crippen LogP contribution is -2.42. The number of terminal acetylenes is 1. The van der Waals surface area contributed by atoms with Crippen LogP contribution in [0.4, 0.5) is 4.79 Å². The van der Waals surface area contributed by atoms with Crippen molar-refractivity contribution in [1.82, 2.24) is 10.2 Å². The van der Waals surface area contributed by atoms with E-state index in [2.05, 4.69) is 11.2 Å². The molecule has 0 fully saturated rings. The first-order valence-electron chi connectivity index (χ1n) is 5.24. The third-order valence-corrected chi connectivity index (χ3v) is 3.20. The fourth-order valence-electron chi connectivity index (χ4n) is 1.32. The molecule has 0 saturated carbocycles. The second-order valence-corrected chi connectivity index (χ2v) is 4.44. The van der Waals surface area contributed by atoms with E-state index in [4.69, 9.17) is 11.5 Å². The number of rotatable bonds is 5. The number of amides is 2. The van der Waals surface area contributed by atoms with Crippen LogP contribution in [-0.4, -0.2) is 35.1 Å². The summed E-state index contributed by atoms with van der Waals surface area (Å²) in [6.07, 6.45) is 5.09. The minimum absolute atomic E-state index is 0.0270. The van der Waals surface area contributed by atoms with Gasteiger partial charge in [0.25, 0.3) is 0 Å². The van der Waals surface area contributed by atoms with Crippen LogP contribution >= 0.6 is 11.3 Å². The number of thiophene rings is 1. The Morgan fingerprint density at radius 3 is 2.78 bits per heavy atom. The van der Waals surface area contributed by atoms with Gasteiger partial charge in [0.15, 0.2) is 0 Å². The molecule has 0 unspecified atom stereocenters. The quantitative estimate of drug-likeness (QED) is 0.789. The number of carboxylic acid groups (broad SMARTS) is 1. The summed E-state index contributed by atoms with van der Waals surface area (Å²) < 4.78 is 0. The van der Waals surface area contributed by atoms with Crippen molar-refractivity contribution in [2.24, 2.45) is 0 Å². The van der Waals surface area contributed by atoms with Crippen molar-refractivity contribution in [2.45, 2.75) is 13.5 Å². The van der Waals surface area contributed by atoms with Crippen molar-refractivity contribution in [3.8, 4) is 12.3 Å². The van der Waals surface area contributed by atoms with Gasteiger partial charge in [-0.2, -0.15) is 11.3 Å². The predicted octanol–water partition coefficient (Wildman–Crippen LogP) is 1.29. The molecule has 0 saturated heterocycles. The van der Waals surface area contributed by atoms with Gasteiger partial charge < -0.3 is 15.3 Å². The van der Waals surface area contributed by atoms with Gasteiger partial charge in [-0.25, -0.2) is 4.79 Å². The Morgan fingerprint density at radius 2 is 2.28 bits per heavy atom. The number of hydrogen-bond acceptors (Lipinski definition) is 3. The van der Waals surface area contributed by atoms with E-state index in [-0.39, 0.29) is 6.54 Å². The maximum absolute atomic E-state index is 11.7. The van der Waals surface area contributed by atoms with E-state index in [1.165, 1.54) is 0 Å². The van der Waals surface area contributed by atoms with Crippen LogP contribution in [0.1, 0.15) is 11.1 Å². The van der Waals surface area contributed by atoms with Crippen molar-refractivity contribution in [1.29, 1.82) is 0 Å². The molecule has 18 heavy (non-hydrogen) atoms. The van der Waals surface area contributed by atoms with Gasteiger partial charge in [0, 0.05) is 6.54 Å². The molecule has 0 radical (unpaired) electrons. The van der Waals surface area contributed by atoms with Crippen LogP contribution < -0.4 is 5.32 Å². The van der Waals surface area contributed by atoms with Gasteiger partial charge in [0.2, 0.25) is 0 Å². The Bertz CT molecular complexity index is 476. The lowest BCUT2D eigenvalue weighted by Gasteiger charge is -2.18. The maximum atomic E-state index is 11.7. The molecule has 0 bridgehead atoms. The van der Waals surface area contributed by atoms with Crippen LogP contribution in [0.15, 0.2) is 10.8 Å². The lowest BCUT2D eigenvalue weighted by molar-refractivity contribution is -0.137. The molecule has 0 aromatic carbocycles. The maximum Gasteiger partial charge on any atom is 0.323 e. The highest BCUT2D eigenvalue weighted by Crippen LogP contribution is 2.13. The average Bonchev–Trinajstić information content (AvgIpc) is 2.70. The molecule has 1 rings (SSSR count). The Kier molecular flexibility index (Phi) is 5.21. The fourth-order valence-corrected chi connectivity index (χ4v) is 2.18. The van der Waals surface area contributed by atoms with Crippen LogP contribution in [0.3, 0.4) is 0 Å². The minimum atomic E-state index is -1.09. The molecular formula is C12H14N2O3S. The number of aryl methyl sites for hydroxylation is 1. The molecule has 5 nitrogen and oxygen atoms in total. The zero-order valence-electron chi connectivity index (χ0n) is 9.97. The molecule has 0 aliphatic heterocycles. The zero-order valence-corrected chi connectivity index (χ0v) is 10.8. The Hall–Kier alpha value is -2.00. The molecule has 1 aromatic heterocycles. The average molecular weight is 266 g/mol. The molecule has 0 atom stereocenters. The number of carbonyl (C=O) groups excluding carboxylic acids is 1. The number of nitrogens with zero attached hydrogens (tertiary/aromatic N) is 1. The first-order chi connectivity index (χ1) is 8.54. The summed E-state index contributed by atoms with van der Waals surface area (Å²) in [6, 6.07) is -0.471. The second-order valence-electron chi connectivity index (χ2n) is 3.69. The first-order valence-corrected chi connectivity index (χ1v) is 6.18. The van der Waals surface area contributed by atoms with Crippen molar-refractivity contribution in [3.63, 3.8) is 0 Å². The third-order valence-electron chi connectivity index (χ3n) is 2.29. The van der Waals surface area contributed by atoms with Crippen LogP contribution in [0.25, 0.3) is 0 Å². The largest absolute Gasteiger partial charge is 0.480 e. The monoisotopic (exact) mass is 266 g/mol. The van der Waals surface area contributed by atoms with Gasteiger partial charge in [-0.1, -0.05) is 5.92 Å². The number of carboxylic acids is 1. The molecule has 96 valence electrons. The van der Waals surface area contributed by atoms with Gasteiger partial charge >= 0.3 is 12.0 Å². The summed E-state index contributed by atoms with van der Waals surface area (Å²) >= 11 is 1.56. The fraction of sp³-hybridized carbons (Fsp3) is 0.333. The van der Waals surface area contributed by atoms with Crippen LogP contribution in [0, 0.1) is 19.3 Å². The SMILES string of the molecule is C#CCN(CC(=O)O)C(=O)NCc1cscc1C. The predicted molar refractivity (Wildman–Crippen MR) is 69.3 cm³/mol. The smallest absolute Gasteiger partial charge is 0.323 e. The normalized spacial score (nSPS) is 9.56. The molecule has 2 amide bonds. The van der Waals surface area contributed by atoms with E-state index in [1.807, 2.05) is 17.7 Å². The van der Waals surface area contributed by atoms with E-state index >= 15 is 0 Å². The summed E-state index contributed by atoms with van der Waals surface area (Å²) in [4.78, 5) is 23.4. The third kappa shape index (κ3) is 4.11. The van der Waals surface area contributed by atoms with Crippen molar-refractivity contribution >= 4 is 23.3 Å². The van der Waals surface area contributed by atoms with E-state index in [1.54, 1.807) is 11.3 Å². The van der Waals surface area contributed by atoms with E-state index < -0.39 is 18.5 Å². The Balaban J connectivity index is 2.54. The van der Waals surface area contributed by atoms with E-state index in [9.17, 15) is 9.59 Å². The molecule has 1 aromatic rings. The Morgan fingerprint density at radius 1 is 1.56 bits per heavy atom. The summed E-state index contributed by atoms with van der Waals surface area (Å²) in [7, 11) is 0. The van der Waals surface area contributed by atoms with Crippen molar-refractivity contribution in [3.05, 3.63) is 21.9 Å². The lowest BCUT2D eigenvalue weighted by atomic mass is 10.2. The summed E-state index contributed by atoms with van der Waals surface area (Å²) in [5.41, 5.74) is 2.12. The van der Waals surface area contributed by atoms with Gasteiger partial charge in [0.1, 0.15) is 6.54 Å². The standard InChI is InChI=1S/C12H14N2O3S/c1-3-4-14(6-11(15)16)12(17)13-5-10-8-18-7-9(10)2/h1,7-8H,4-6H2,2H3,(H,13,17)(H,15,16). The zero-order chi connectivity index (χ0) is 13.5. The number of urea groups is 1. The number of carbonyl (C=O) groups is 2. The molecule has 1 heterocycles. The van der Waals surface area contributed by atoms with Crippen LogP contribution in [0.5, 0.6) is 0 Å². The van der Waals surface area contributed by atoms with Gasteiger partial charge in [-0.05, 0) is 28.8 Å². The molecule has 0 aliphatic carbocycles. The van der Waals surface area contributed by atoms with E-state index in [0.29, 0.717) is 6.54 Å². The summed E-state index contributed by atoms with van der Waals surface area (Å²) in [6.45, 7) is 1.89. The number of hydrogen-bond donors (Lipinski definition) is 2. The summed E-state index contributed by atoms with van der Waals surface area (Å²) in [5.74, 6) is 1.17. The number of nitrogens with one attached hydrogen (secondary N) is 1. The highest BCUT2D eigenvalue weighted by Gasteiger charge is 2.15. The summed E-state index contributed by atoms with van der Waals surface area (Å²) in [5, 5.41) is 15.2. The van der Waals surface area contributed by atoms with Crippen LogP contribution in [0.2, 0.25) is 0 Å². The second kappa shape index (κ2) is 6.67. The number of aliphatic carboxylic acids is 1. The van der Waals surface area contributed by atoms with E-state index in [0.717, 1.165) is 16.0 Å². The first kappa shape index (κ1) is 14.1. The van der Waals surface area contributed by atoms with Crippen molar-refractivity contribution in [2.75, 3.05) is 13.1 Å². The molecule has 0 aliphatic rings. The minimum Gasteiger partial charge on any atom is -0.480 e. The highest BCUT2D eigenvalue weighted by atomic mass is 32.1. The molecule has 6 heteroatoms. The van der Waals surface area contributed by atoms with Gasteiger partial charge in [0.05, 0.1) is 6.54 Å². The topological polar surface area (TPSA) is 69.6 Å².